The van der Waals surface area contributed by atoms with E-state index >= 15 is 0 Å². The molecule has 2 heterocycles. The van der Waals surface area contributed by atoms with Crippen LogP contribution in [0.2, 0.25) is 0 Å². The molecular weight excluding hydrogens is 280 g/mol. The van der Waals surface area contributed by atoms with Crippen molar-refractivity contribution in [2.24, 2.45) is 0 Å². The van der Waals surface area contributed by atoms with E-state index in [1.165, 1.54) is 0 Å². The quantitative estimate of drug-likeness (QED) is 0.808. The molecule has 1 atom stereocenters. The van der Waals surface area contributed by atoms with Gasteiger partial charge in [-0.25, -0.2) is 4.98 Å². The Balaban J connectivity index is 2.04. The van der Waals surface area contributed by atoms with Gasteiger partial charge in [-0.2, -0.15) is 0 Å². The Bertz CT molecular complexity index is 526. The van der Waals surface area contributed by atoms with Crippen LogP contribution in [0.4, 0.5) is 5.13 Å². The van der Waals surface area contributed by atoms with Crippen LogP contribution in [0.3, 0.4) is 0 Å². The summed E-state index contributed by atoms with van der Waals surface area (Å²) in [7, 11) is 0. The molecule has 1 N–H and O–H groups in total. The maximum absolute atomic E-state index is 4.78. The number of thiazole rings is 1. The predicted molar refractivity (Wildman–Crippen MR) is 89.8 cm³/mol. The first-order valence-electron chi connectivity index (χ1n) is 7.58. The van der Waals surface area contributed by atoms with Crippen LogP contribution in [-0.4, -0.2) is 23.1 Å². The summed E-state index contributed by atoms with van der Waals surface area (Å²) in [5, 5.41) is 6.71. The van der Waals surface area contributed by atoms with Crippen molar-refractivity contribution in [3.05, 3.63) is 41.2 Å². The number of hydrogen-bond acceptors (Lipinski definition) is 5. The molecule has 114 valence electrons. The molecule has 2 aromatic rings. The zero-order valence-corrected chi connectivity index (χ0v) is 13.9. The van der Waals surface area contributed by atoms with Crippen LogP contribution in [0.1, 0.15) is 44.6 Å². The molecule has 21 heavy (non-hydrogen) atoms. The van der Waals surface area contributed by atoms with Gasteiger partial charge in [0.2, 0.25) is 0 Å². The summed E-state index contributed by atoms with van der Waals surface area (Å²) in [5.74, 6) is 0. The molecule has 1 unspecified atom stereocenters. The molecule has 0 bridgehead atoms. The van der Waals surface area contributed by atoms with Gasteiger partial charge in [-0.1, -0.05) is 13.0 Å². The summed E-state index contributed by atoms with van der Waals surface area (Å²) in [5.41, 5.74) is 2.20. The molecule has 5 heteroatoms. The number of aromatic nitrogens is 2. The molecule has 0 aromatic carbocycles. The average Bonchev–Trinajstić information content (AvgIpc) is 3.01. The molecule has 0 aliphatic rings. The third-order valence-electron chi connectivity index (χ3n) is 3.39. The van der Waals surface area contributed by atoms with E-state index in [1.807, 2.05) is 18.3 Å². The normalized spacial score (nSPS) is 12.3. The highest BCUT2D eigenvalue weighted by Gasteiger charge is 2.13. The molecule has 0 radical (unpaired) electrons. The van der Waals surface area contributed by atoms with Gasteiger partial charge >= 0.3 is 0 Å². The molecule has 0 saturated heterocycles. The van der Waals surface area contributed by atoms with E-state index in [9.17, 15) is 0 Å². The number of nitrogens with zero attached hydrogens (tertiary/aromatic N) is 3. The van der Waals surface area contributed by atoms with Gasteiger partial charge in [0.1, 0.15) is 0 Å². The van der Waals surface area contributed by atoms with Crippen molar-refractivity contribution in [2.45, 2.75) is 39.8 Å². The molecule has 4 nitrogen and oxygen atoms in total. The van der Waals surface area contributed by atoms with Crippen LogP contribution >= 0.6 is 11.3 Å². The third-order valence-corrected chi connectivity index (χ3v) is 4.30. The predicted octanol–water partition coefficient (Wildman–Crippen LogP) is 3.63. The number of hydrogen-bond donors (Lipinski definition) is 1. The van der Waals surface area contributed by atoms with Crippen LogP contribution in [-0.2, 0) is 6.54 Å². The van der Waals surface area contributed by atoms with Crippen molar-refractivity contribution >= 4 is 16.5 Å². The first-order chi connectivity index (χ1) is 10.2. The fraction of sp³-hybridized carbons (Fsp3) is 0.500. The lowest BCUT2D eigenvalue weighted by atomic mass is 10.2. The van der Waals surface area contributed by atoms with Gasteiger partial charge in [-0.3, -0.25) is 4.98 Å². The smallest absolute Gasteiger partial charge is 0.185 e. The van der Waals surface area contributed by atoms with Crippen LogP contribution in [0, 0.1) is 0 Å². The highest BCUT2D eigenvalue weighted by atomic mass is 32.1. The van der Waals surface area contributed by atoms with Crippen LogP contribution < -0.4 is 10.2 Å². The van der Waals surface area contributed by atoms with Gasteiger partial charge in [0, 0.05) is 24.2 Å². The van der Waals surface area contributed by atoms with Crippen LogP contribution in [0.15, 0.2) is 29.8 Å². The fourth-order valence-electron chi connectivity index (χ4n) is 2.09. The topological polar surface area (TPSA) is 41.0 Å². The minimum atomic E-state index is 0.309. The van der Waals surface area contributed by atoms with Crippen molar-refractivity contribution in [3.63, 3.8) is 0 Å². The fourth-order valence-corrected chi connectivity index (χ4v) is 3.07. The third kappa shape index (κ3) is 4.51. The zero-order valence-electron chi connectivity index (χ0n) is 13.0. The molecule has 2 aromatic heterocycles. The SMILES string of the molecule is CCCNC(C)c1csc(N(CC)Cc2ccccn2)n1. The summed E-state index contributed by atoms with van der Waals surface area (Å²) >= 11 is 1.71. The molecule has 0 aliphatic carbocycles. The van der Waals surface area contributed by atoms with E-state index in [-0.39, 0.29) is 0 Å². The Hall–Kier alpha value is -1.46. The molecular formula is C16H24N4S. The Morgan fingerprint density at radius 1 is 1.33 bits per heavy atom. The molecule has 0 aliphatic heterocycles. The maximum Gasteiger partial charge on any atom is 0.185 e. The van der Waals surface area contributed by atoms with Gasteiger partial charge in [0.25, 0.3) is 0 Å². The van der Waals surface area contributed by atoms with Gasteiger partial charge < -0.3 is 10.2 Å². The van der Waals surface area contributed by atoms with E-state index in [4.69, 9.17) is 4.98 Å². The van der Waals surface area contributed by atoms with Gasteiger partial charge in [0.15, 0.2) is 5.13 Å². The molecule has 0 fully saturated rings. The highest BCUT2D eigenvalue weighted by Crippen LogP contribution is 2.25. The Morgan fingerprint density at radius 2 is 2.19 bits per heavy atom. The lowest BCUT2D eigenvalue weighted by molar-refractivity contribution is 0.560. The summed E-state index contributed by atoms with van der Waals surface area (Å²) < 4.78 is 0. The van der Waals surface area contributed by atoms with Crippen molar-refractivity contribution in [1.82, 2.24) is 15.3 Å². The Kier molecular flexibility index (Phi) is 6.14. The van der Waals surface area contributed by atoms with E-state index in [0.717, 1.165) is 42.6 Å². The van der Waals surface area contributed by atoms with E-state index in [1.54, 1.807) is 11.3 Å². The van der Waals surface area contributed by atoms with Crippen molar-refractivity contribution < 1.29 is 0 Å². The number of pyridine rings is 1. The summed E-state index contributed by atoms with van der Waals surface area (Å²) in [6.07, 6.45) is 2.98. The van der Waals surface area contributed by atoms with Crippen molar-refractivity contribution in [1.29, 1.82) is 0 Å². The van der Waals surface area contributed by atoms with Gasteiger partial charge in [-0.15, -0.1) is 11.3 Å². The lowest BCUT2D eigenvalue weighted by Crippen LogP contribution is -2.23. The van der Waals surface area contributed by atoms with Gasteiger partial charge in [0.05, 0.1) is 17.9 Å². The lowest BCUT2D eigenvalue weighted by Gasteiger charge is -2.19. The number of anilines is 1. The number of nitrogens with one attached hydrogen (secondary N) is 1. The van der Waals surface area contributed by atoms with E-state index in [2.05, 4.69) is 47.4 Å². The minimum Gasteiger partial charge on any atom is -0.342 e. The Labute approximate surface area is 131 Å². The summed E-state index contributed by atoms with van der Waals surface area (Å²) in [6.45, 7) is 9.27. The Morgan fingerprint density at radius 3 is 2.86 bits per heavy atom. The van der Waals surface area contributed by atoms with E-state index in [0.29, 0.717) is 6.04 Å². The zero-order chi connectivity index (χ0) is 15.1. The van der Waals surface area contributed by atoms with Crippen LogP contribution in [0.5, 0.6) is 0 Å². The number of rotatable bonds is 8. The molecule has 0 spiro atoms. The second-order valence-electron chi connectivity index (χ2n) is 5.07. The summed E-state index contributed by atoms with van der Waals surface area (Å²) in [6, 6.07) is 6.34. The first kappa shape index (κ1) is 15.9. The van der Waals surface area contributed by atoms with Crippen LogP contribution in [0.25, 0.3) is 0 Å². The monoisotopic (exact) mass is 304 g/mol. The van der Waals surface area contributed by atoms with Crippen molar-refractivity contribution in [3.8, 4) is 0 Å². The van der Waals surface area contributed by atoms with Crippen molar-refractivity contribution in [2.75, 3.05) is 18.0 Å². The largest absolute Gasteiger partial charge is 0.342 e. The maximum atomic E-state index is 4.78. The second kappa shape index (κ2) is 8.10. The molecule has 0 amide bonds. The summed E-state index contributed by atoms with van der Waals surface area (Å²) in [4.78, 5) is 11.4. The van der Waals surface area contributed by atoms with E-state index < -0.39 is 0 Å². The average molecular weight is 304 g/mol. The van der Waals surface area contributed by atoms with Gasteiger partial charge in [-0.05, 0) is 38.9 Å². The molecule has 2 rings (SSSR count). The highest BCUT2D eigenvalue weighted by molar-refractivity contribution is 7.13. The second-order valence-corrected chi connectivity index (χ2v) is 5.90. The minimum absolute atomic E-state index is 0.309. The first-order valence-corrected chi connectivity index (χ1v) is 8.46. The molecule has 0 saturated carbocycles. The standard InChI is InChI=1S/C16H24N4S/c1-4-9-17-13(3)15-12-21-16(19-15)20(5-2)11-14-8-6-7-10-18-14/h6-8,10,12-13,17H,4-5,9,11H2,1-3H3.